The van der Waals surface area contributed by atoms with Gasteiger partial charge in [-0.15, -0.1) is 0 Å². The molecule has 6 nitrogen and oxygen atoms in total. The van der Waals surface area contributed by atoms with E-state index in [0.717, 1.165) is 42.6 Å². The van der Waals surface area contributed by atoms with Crippen LogP contribution in [0.15, 0.2) is 42.5 Å². The molecule has 2 aliphatic rings. The Balaban J connectivity index is 1.43. The van der Waals surface area contributed by atoms with Crippen LogP contribution in [0.5, 0.6) is 5.75 Å². The number of halogens is 1. The van der Waals surface area contributed by atoms with Crippen LogP contribution in [-0.2, 0) is 16.0 Å². The maximum atomic E-state index is 12.4. The van der Waals surface area contributed by atoms with Crippen LogP contribution in [0.2, 0.25) is 5.02 Å². The monoisotopic (exact) mass is 485 g/mol. The highest BCUT2D eigenvalue weighted by atomic mass is 35.5. The summed E-state index contributed by atoms with van der Waals surface area (Å²) in [6.07, 6.45) is 4.21. The Morgan fingerprint density at radius 1 is 1.18 bits per heavy atom. The molecular weight excluding hydrogens is 454 g/mol. The van der Waals surface area contributed by atoms with Crippen molar-refractivity contribution in [3.05, 3.63) is 64.2 Å². The first-order valence-corrected chi connectivity index (χ1v) is 12.4. The zero-order valence-electron chi connectivity index (χ0n) is 19.7. The molecule has 1 saturated heterocycles. The van der Waals surface area contributed by atoms with Crippen molar-refractivity contribution in [1.82, 2.24) is 5.32 Å². The number of ether oxygens (including phenoxy) is 2. The third-order valence-corrected chi connectivity index (χ3v) is 7.26. The van der Waals surface area contributed by atoms with Crippen molar-refractivity contribution in [3.63, 3.8) is 0 Å². The number of hydrogen-bond donors (Lipinski definition) is 2. The number of carboxylic acids is 1. The standard InChI is InChI=1S/C27H32ClNO5/c1-17-4-11-22-25(33-17)21-16-18(6-13-24(30)31)5-12-23(21)34-27(22,2)14-3-15-29-26(32)19-7-9-20(28)10-8-19/h5,7-10,12,16-17,22,25H,3-4,6,11,13-15H2,1-2H3,(H,29,32)(H,30,31)/t17-,22-,25+,27+/m1/s1. The summed E-state index contributed by atoms with van der Waals surface area (Å²) >= 11 is 5.90. The summed E-state index contributed by atoms with van der Waals surface area (Å²) in [5.74, 6) is 0.0865. The minimum Gasteiger partial charge on any atom is -0.487 e. The van der Waals surface area contributed by atoms with Gasteiger partial charge in [-0.3, -0.25) is 9.59 Å². The van der Waals surface area contributed by atoms with E-state index in [4.69, 9.17) is 26.2 Å². The Bertz CT molecular complexity index is 1040. The molecule has 1 fully saturated rings. The zero-order valence-corrected chi connectivity index (χ0v) is 20.4. The van der Waals surface area contributed by atoms with E-state index in [0.29, 0.717) is 23.6 Å². The molecule has 4 rings (SSSR count). The van der Waals surface area contributed by atoms with Crippen molar-refractivity contribution in [2.24, 2.45) is 5.92 Å². The molecule has 2 aromatic rings. The first-order valence-electron chi connectivity index (χ1n) is 12.0. The number of amides is 1. The van der Waals surface area contributed by atoms with E-state index in [1.54, 1.807) is 24.3 Å². The summed E-state index contributed by atoms with van der Waals surface area (Å²) in [7, 11) is 0. The minimum absolute atomic E-state index is 0.0778. The van der Waals surface area contributed by atoms with Gasteiger partial charge in [0.2, 0.25) is 0 Å². The van der Waals surface area contributed by atoms with Gasteiger partial charge in [0.25, 0.3) is 5.91 Å². The van der Waals surface area contributed by atoms with Crippen LogP contribution < -0.4 is 10.1 Å². The van der Waals surface area contributed by atoms with E-state index >= 15 is 0 Å². The average Bonchev–Trinajstić information content (AvgIpc) is 2.81. The molecular formula is C27H32ClNO5. The second-order valence-corrected chi connectivity index (χ2v) is 10.0. The van der Waals surface area contributed by atoms with Crippen LogP contribution in [0.3, 0.4) is 0 Å². The number of aliphatic carboxylic acids is 1. The molecule has 7 heteroatoms. The van der Waals surface area contributed by atoms with Gasteiger partial charge in [0.1, 0.15) is 11.4 Å². The second-order valence-electron chi connectivity index (χ2n) is 9.60. The number of carbonyl (C=O) groups excluding carboxylic acids is 1. The van der Waals surface area contributed by atoms with Gasteiger partial charge in [-0.05, 0) is 87.9 Å². The number of carboxylic acid groups (broad SMARTS) is 1. The van der Waals surface area contributed by atoms with Gasteiger partial charge < -0.3 is 19.9 Å². The summed E-state index contributed by atoms with van der Waals surface area (Å²) in [6.45, 7) is 4.80. The number of fused-ring (bicyclic) bond motifs is 3. The number of benzene rings is 2. The third-order valence-electron chi connectivity index (χ3n) is 7.01. The molecule has 34 heavy (non-hydrogen) atoms. The Labute approximate surface area is 205 Å². The summed E-state index contributed by atoms with van der Waals surface area (Å²) in [6, 6.07) is 12.8. The highest BCUT2D eigenvalue weighted by molar-refractivity contribution is 6.30. The molecule has 2 N–H and O–H groups in total. The lowest BCUT2D eigenvalue weighted by Gasteiger charge is -2.50. The van der Waals surface area contributed by atoms with Crippen LogP contribution in [0.25, 0.3) is 0 Å². The molecule has 0 bridgehead atoms. The number of carbonyl (C=O) groups is 2. The predicted octanol–water partition coefficient (Wildman–Crippen LogP) is 5.57. The summed E-state index contributed by atoms with van der Waals surface area (Å²) in [5.41, 5.74) is 2.18. The number of rotatable bonds is 8. The summed E-state index contributed by atoms with van der Waals surface area (Å²) in [5, 5.41) is 12.6. The number of aryl methyl sites for hydroxylation is 1. The lowest BCUT2D eigenvalue weighted by atomic mass is 9.72. The minimum atomic E-state index is -0.801. The average molecular weight is 486 g/mol. The van der Waals surface area contributed by atoms with E-state index in [1.165, 1.54) is 0 Å². The van der Waals surface area contributed by atoms with Crippen molar-refractivity contribution < 1.29 is 24.2 Å². The SMILES string of the molecule is C[C@@H]1CC[C@@H]2[C@@H](O1)c1cc(CCC(=O)O)ccc1O[C@@]2(C)CCCNC(=O)c1ccc(Cl)cc1. The van der Waals surface area contributed by atoms with Gasteiger partial charge in [0, 0.05) is 35.0 Å². The van der Waals surface area contributed by atoms with Crippen LogP contribution in [0.1, 0.15) is 73.5 Å². The summed E-state index contributed by atoms with van der Waals surface area (Å²) < 4.78 is 13.0. The van der Waals surface area contributed by atoms with Crippen molar-refractivity contribution in [3.8, 4) is 5.75 Å². The molecule has 0 aliphatic carbocycles. The molecule has 0 spiro atoms. The Kier molecular flexibility index (Phi) is 7.48. The van der Waals surface area contributed by atoms with Crippen LogP contribution in [0, 0.1) is 5.92 Å². The molecule has 2 heterocycles. The van der Waals surface area contributed by atoms with Gasteiger partial charge >= 0.3 is 5.97 Å². The molecule has 2 aliphatic heterocycles. The molecule has 2 aromatic carbocycles. The van der Waals surface area contributed by atoms with Gasteiger partial charge in [-0.25, -0.2) is 0 Å². The van der Waals surface area contributed by atoms with Crippen molar-refractivity contribution in [1.29, 1.82) is 0 Å². The van der Waals surface area contributed by atoms with E-state index in [2.05, 4.69) is 25.2 Å². The van der Waals surface area contributed by atoms with E-state index < -0.39 is 11.6 Å². The zero-order chi connectivity index (χ0) is 24.3. The third kappa shape index (κ3) is 5.56. The smallest absolute Gasteiger partial charge is 0.303 e. The molecule has 0 radical (unpaired) electrons. The normalized spacial score (nSPS) is 25.6. The highest BCUT2D eigenvalue weighted by Crippen LogP contribution is 2.52. The largest absolute Gasteiger partial charge is 0.487 e. The lowest BCUT2D eigenvalue weighted by molar-refractivity contribution is -0.152. The molecule has 0 unspecified atom stereocenters. The molecule has 0 aromatic heterocycles. The second kappa shape index (κ2) is 10.4. The number of nitrogens with one attached hydrogen (secondary N) is 1. The van der Waals surface area contributed by atoms with Gasteiger partial charge in [-0.2, -0.15) is 0 Å². The van der Waals surface area contributed by atoms with Crippen LogP contribution >= 0.6 is 11.6 Å². The van der Waals surface area contributed by atoms with Crippen molar-refractivity contribution in [2.45, 2.75) is 70.2 Å². The molecule has 1 amide bonds. The van der Waals surface area contributed by atoms with Gasteiger partial charge in [0.15, 0.2) is 0 Å². The van der Waals surface area contributed by atoms with Gasteiger partial charge in [-0.1, -0.05) is 17.7 Å². The first kappa shape index (κ1) is 24.6. The number of hydrogen-bond acceptors (Lipinski definition) is 4. The lowest BCUT2D eigenvalue weighted by Crippen LogP contribution is -2.50. The fourth-order valence-electron chi connectivity index (χ4n) is 5.12. The van der Waals surface area contributed by atoms with E-state index in [9.17, 15) is 9.59 Å². The molecule has 182 valence electrons. The highest BCUT2D eigenvalue weighted by Gasteiger charge is 2.49. The summed E-state index contributed by atoms with van der Waals surface area (Å²) in [4.78, 5) is 23.4. The fourth-order valence-corrected chi connectivity index (χ4v) is 5.25. The van der Waals surface area contributed by atoms with E-state index in [1.807, 2.05) is 12.1 Å². The quantitative estimate of drug-likeness (QED) is 0.477. The Morgan fingerprint density at radius 3 is 2.68 bits per heavy atom. The topological polar surface area (TPSA) is 84.9 Å². The van der Waals surface area contributed by atoms with Crippen molar-refractivity contribution >= 4 is 23.5 Å². The Hall–Kier alpha value is -2.57. The van der Waals surface area contributed by atoms with Gasteiger partial charge in [0.05, 0.1) is 12.2 Å². The predicted molar refractivity (Wildman–Crippen MR) is 130 cm³/mol. The maximum Gasteiger partial charge on any atom is 0.303 e. The first-order chi connectivity index (χ1) is 16.2. The molecule has 4 atom stereocenters. The fraction of sp³-hybridized carbons (Fsp3) is 0.481. The Morgan fingerprint density at radius 2 is 1.94 bits per heavy atom. The maximum absolute atomic E-state index is 12.4. The van der Waals surface area contributed by atoms with Crippen LogP contribution in [-0.4, -0.2) is 35.2 Å². The van der Waals surface area contributed by atoms with E-state index in [-0.39, 0.29) is 30.5 Å². The molecule has 0 saturated carbocycles. The van der Waals surface area contributed by atoms with Crippen molar-refractivity contribution in [2.75, 3.05) is 6.54 Å². The van der Waals surface area contributed by atoms with Crippen LogP contribution in [0.4, 0.5) is 0 Å².